The van der Waals surface area contributed by atoms with E-state index in [9.17, 15) is 35.9 Å². The number of rotatable bonds is 2. The van der Waals surface area contributed by atoms with E-state index in [1.54, 1.807) is 0 Å². The Morgan fingerprint density at radius 2 is 1.00 bits per heavy atom. The fraction of sp³-hybridized carbons (Fsp3) is 0.500. The van der Waals surface area contributed by atoms with Crippen LogP contribution in [-0.2, 0) is 24.4 Å². The van der Waals surface area contributed by atoms with Crippen molar-refractivity contribution in [1.82, 2.24) is 0 Å². The van der Waals surface area contributed by atoms with Crippen LogP contribution in [-0.4, -0.2) is 24.3 Å². The second-order valence-corrected chi connectivity index (χ2v) is 1.81. The van der Waals surface area contributed by atoms with Crippen molar-refractivity contribution in [3.8, 4) is 0 Å². The van der Waals surface area contributed by atoms with E-state index in [0.717, 1.165) is 0 Å². The van der Waals surface area contributed by atoms with E-state index in [4.69, 9.17) is 0 Å². The van der Waals surface area contributed by atoms with Crippen molar-refractivity contribution in [1.29, 1.82) is 0 Å². The predicted octanol–water partition coefficient (Wildman–Crippen LogP) is 1.04. The molecule has 0 aliphatic heterocycles. The molecule has 0 atom stereocenters. The Morgan fingerprint density at radius 1 is 0.733 bits per heavy atom. The minimum atomic E-state index is -5.48. The summed E-state index contributed by atoms with van der Waals surface area (Å²) in [5, 5.41) is 2.67. The quantitative estimate of drug-likeness (QED) is 0.411. The second-order valence-electron chi connectivity index (χ2n) is 1.81. The van der Waals surface area contributed by atoms with Gasteiger partial charge in [0.05, 0.1) is 0 Å². The average Bonchev–Trinajstić information content (AvgIpc) is 2.00. The molecule has 0 spiro atoms. The molecule has 15 heavy (non-hydrogen) atoms. The smallest absolute Gasteiger partial charge is 0.249 e. The van der Waals surface area contributed by atoms with Gasteiger partial charge in [0.2, 0.25) is 0 Å². The Hall–Kier alpha value is -1.52. The van der Waals surface area contributed by atoms with Crippen LogP contribution in [0.1, 0.15) is 0 Å². The molecule has 0 fully saturated rings. The lowest BCUT2D eigenvalue weighted by Crippen LogP contribution is -2.29. The van der Waals surface area contributed by atoms with E-state index in [-0.39, 0.29) is 0 Å². The molecule has 0 aromatic rings. The molecule has 0 bridgehead atoms. The molecular formula is C4F6O5. The fourth-order valence-corrected chi connectivity index (χ4v) is 0.173. The number of carbonyl (C=O) groups excluding carboxylic acids is 2. The lowest BCUT2D eigenvalue weighted by Gasteiger charge is -2.05. The highest BCUT2D eigenvalue weighted by Gasteiger charge is 2.45. The Balaban J connectivity index is 3.92. The van der Waals surface area contributed by atoms with E-state index < -0.39 is 24.3 Å². The first-order valence-electron chi connectivity index (χ1n) is 2.78. The van der Waals surface area contributed by atoms with Crippen molar-refractivity contribution in [2.45, 2.75) is 12.4 Å². The summed E-state index contributed by atoms with van der Waals surface area (Å²) < 4.78 is 67.7. The van der Waals surface area contributed by atoms with Gasteiger partial charge in [-0.1, -0.05) is 0 Å². The molecule has 0 saturated heterocycles. The average molecular weight is 242 g/mol. The van der Waals surface area contributed by atoms with Crippen molar-refractivity contribution >= 4 is 11.9 Å². The van der Waals surface area contributed by atoms with Crippen LogP contribution in [0.15, 0.2) is 0 Å². The van der Waals surface area contributed by atoms with Gasteiger partial charge in [-0.05, 0) is 0 Å². The van der Waals surface area contributed by atoms with Gasteiger partial charge in [-0.25, -0.2) is 19.4 Å². The molecule has 0 rings (SSSR count). The largest absolute Gasteiger partial charge is 0.494 e. The van der Waals surface area contributed by atoms with E-state index in [2.05, 4.69) is 14.8 Å². The van der Waals surface area contributed by atoms with Gasteiger partial charge in [0.25, 0.3) is 0 Å². The summed E-state index contributed by atoms with van der Waals surface area (Å²) >= 11 is 0. The molecule has 0 N–H and O–H groups in total. The maximum Gasteiger partial charge on any atom is 0.494 e. The number of hydrogen-bond donors (Lipinski definition) is 0. The summed E-state index contributed by atoms with van der Waals surface area (Å²) in [6.07, 6.45) is -11.0. The van der Waals surface area contributed by atoms with Crippen molar-refractivity contribution < 1.29 is 50.7 Å². The van der Waals surface area contributed by atoms with Crippen LogP contribution in [0.2, 0.25) is 0 Å². The fourth-order valence-electron chi connectivity index (χ4n) is 0.173. The van der Waals surface area contributed by atoms with Crippen molar-refractivity contribution in [3.63, 3.8) is 0 Å². The van der Waals surface area contributed by atoms with Crippen molar-refractivity contribution in [2.75, 3.05) is 0 Å². The van der Waals surface area contributed by atoms with Crippen LogP contribution in [0.25, 0.3) is 0 Å². The van der Waals surface area contributed by atoms with Crippen molar-refractivity contribution in [3.05, 3.63) is 0 Å². The van der Waals surface area contributed by atoms with Crippen LogP contribution in [0.3, 0.4) is 0 Å². The third kappa shape index (κ3) is 5.05. The van der Waals surface area contributed by atoms with Gasteiger partial charge < -0.3 is 0 Å². The molecule has 0 radical (unpaired) electrons. The molecule has 88 valence electrons. The lowest BCUT2D eigenvalue weighted by molar-refractivity contribution is -0.472. The van der Waals surface area contributed by atoms with Gasteiger partial charge in [0.15, 0.2) is 0 Å². The number of hydrogen-bond acceptors (Lipinski definition) is 5. The highest BCUT2D eigenvalue weighted by Crippen LogP contribution is 2.18. The minimum Gasteiger partial charge on any atom is -0.249 e. The molecule has 0 aromatic carbocycles. The highest BCUT2D eigenvalue weighted by atomic mass is 19.4. The molecule has 5 nitrogen and oxygen atoms in total. The Kier molecular flexibility index (Phi) is 3.90. The summed E-state index contributed by atoms with van der Waals surface area (Å²) in [7, 11) is 0. The molecule has 11 heteroatoms. The van der Waals surface area contributed by atoms with Crippen LogP contribution in [0.5, 0.6) is 0 Å². The predicted molar refractivity (Wildman–Crippen MR) is 25.4 cm³/mol. The van der Waals surface area contributed by atoms with Crippen molar-refractivity contribution in [2.24, 2.45) is 0 Å². The molecule has 0 aliphatic rings. The maximum atomic E-state index is 11.3. The Morgan fingerprint density at radius 3 is 1.20 bits per heavy atom. The molecule has 0 aliphatic carbocycles. The monoisotopic (exact) mass is 242 g/mol. The Bertz CT molecular complexity index is 227. The summed E-state index contributed by atoms with van der Waals surface area (Å²) in [5.41, 5.74) is 0. The van der Waals surface area contributed by atoms with Gasteiger partial charge in [-0.3, -0.25) is 0 Å². The topological polar surface area (TPSA) is 61.8 Å². The highest BCUT2D eigenvalue weighted by molar-refractivity contribution is 5.76. The molecule has 0 amide bonds. The van der Waals surface area contributed by atoms with Crippen LogP contribution >= 0.6 is 0 Å². The van der Waals surface area contributed by atoms with Gasteiger partial charge in [-0.15, -0.1) is 0 Å². The Labute approximate surface area is 76.3 Å². The van der Waals surface area contributed by atoms with Crippen LogP contribution in [0.4, 0.5) is 26.3 Å². The van der Waals surface area contributed by atoms with Crippen LogP contribution in [0, 0.1) is 0 Å². The molecule has 0 heterocycles. The van der Waals surface area contributed by atoms with E-state index >= 15 is 0 Å². The molecule has 0 aromatic heterocycles. The SMILES string of the molecule is O=C(OOOC(=O)C(F)(F)F)C(F)(F)F. The number of alkyl halides is 6. The van der Waals surface area contributed by atoms with Gasteiger partial charge >= 0.3 is 24.3 Å². The first-order valence-corrected chi connectivity index (χ1v) is 2.78. The number of carbonyl (C=O) groups is 2. The summed E-state index contributed by atoms with van der Waals surface area (Å²) in [5.74, 6) is -5.95. The summed E-state index contributed by atoms with van der Waals surface area (Å²) in [6, 6.07) is 0. The normalized spacial score (nSPS) is 12.1. The summed E-state index contributed by atoms with van der Waals surface area (Å²) in [6.45, 7) is 0. The standard InChI is InChI=1S/C4F6O5/c5-3(6,7)1(11)13-15-14-2(12)4(8,9)10. The van der Waals surface area contributed by atoms with Gasteiger partial charge in [0.1, 0.15) is 0 Å². The zero-order valence-corrected chi connectivity index (χ0v) is 6.31. The third-order valence-corrected chi connectivity index (χ3v) is 0.682. The van der Waals surface area contributed by atoms with E-state index in [1.165, 1.54) is 0 Å². The lowest BCUT2D eigenvalue weighted by atomic mass is 10.7. The zero-order chi connectivity index (χ0) is 12.3. The molecule has 0 unspecified atom stereocenters. The first-order chi connectivity index (χ1) is 6.55. The summed E-state index contributed by atoms with van der Waals surface area (Å²) in [4.78, 5) is 24.8. The molecule has 0 saturated carbocycles. The molecular weight excluding hydrogens is 242 g/mol. The maximum absolute atomic E-state index is 11.3. The van der Waals surface area contributed by atoms with E-state index in [0.29, 0.717) is 0 Å². The first kappa shape index (κ1) is 13.5. The van der Waals surface area contributed by atoms with E-state index in [1.807, 2.05) is 0 Å². The minimum absolute atomic E-state index is 2.67. The van der Waals surface area contributed by atoms with Gasteiger partial charge in [-0.2, -0.15) is 26.3 Å². The second kappa shape index (κ2) is 4.33. The zero-order valence-electron chi connectivity index (χ0n) is 6.31. The third-order valence-electron chi connectivity index (χ3n) is 0.682. The van der Waals surface area contributed by atoms with Gasteiger partial charge in [0, 0.05) is 5.04 Å². The van der Waals surface area contributed by atoms with Crippen LogP contribution < -0.4 is 0 Å². The number of halogens is 6.